The molecule has 0 aromatic heterocycles. The van der Waals surface area contributed by atoms with E-state index >= 15 is 0 Å². The molecule has 168 valence electrons. The highest BCUT2D eigenvalue weighted by molar-refractivity contribution is 5.13. The predicted molar refractivity (Wildman–Crippen MR) is 137 cm³/mol. The largest absolute Gasteiger partial charge is 0.100 e. The minimum Gasteiger partial charge on any atom is -0.100 e. The third-order valence-electron chi connectivity index (χ3n) is 5.15. The first-order valence-corrected chi connectivity index (χ1v) is 12.1. The van der Waals surface area contributed by atoms with Crippen LogP contribution in [0.1, 0.15) is 112 Å². The molecule has 2 atom stereocenters. The Morgan fingerprint density at radius 2 is 1.45 bits per heavy atom. The number of unbranched alkanes of at least 4 members (excludes halogenated alkanes) is 1. The van der Waals surface area contributed by atoms with E-state index < -0.39 is 0 Å². The average Bonchev–Trinajstić information content (AvgIpc) is 2.68. The summed E-state index contributed by atoms with van der Waals surface area (Å²) in [7, 11) is 0. The van der Waals surface area contributed by atoms with Gasteiger partial charge in [-0.15, -0.1) is 13.2 Å². The van der Waals surface area contributed by atoms with Crippen LogP contribution in [-0.2, 0) is 6.42 Å². The van der Waals surface area contributed by atoms with Crippen molar-refractivity contribution in [1.29, 1.82) is 0 Å². The lowest BCUT2D eigenvalue weighted by Gasteiger charge is -2.28. The number of benzene rings is 1. The Morgan fingerprint density at radius 3 is 1.79 bits per heavy atom. The van der Waals surface area contributed by atoms with Crippen LogP contribution in [0, 0.1) is 11.8 Å². The highest BCUT2D eigenvalue weighted by Gasteiger charge is 2.19. The Hall–Kier alpha value is -1.30. The quantitative estimate of drug-likeness (QED) is 0.416. The van der Waals surface area contributed by atoms with Crippen molar-refractivity contribution in [3.05, 3.63) is 60.2 Å². The SMILES string of the molecule is C=C(C)C.C=C(C)CCC.CCCCC1CCCCC1C.CCc1ccccc1. The van der Waals surface area contributed by atoms with Crippen molar-refractivity contribution < 1.29 is 0 Å². The van der Waals surface area contributed by atoms with E-state index in [0.29, 0.717) is 0 Å². The molecule has 1 fully saturated rings. The second-order valence-corrected chi connectivity index (χ2v) is 8.92. The molecular formula is C29H52. The van der Waals surface area contributed by atoms with Gasteiger partial charge in [-0.05, 0) is 51.0 Å². The molecule has 0 saturated heterocycles. The van der Waals surface area contributed by atoms with Gasteiger partial charge >= 0.3 is 0 Å². The van der Waals surface area contributed by atoms with Crippen molar-refractivity contribution in [2.75, 3.05) is 0 Å². The van der Waals surface area contributed by atoms with Gasteiger partial charge < -0.3 is 0 Å². The molecule has 0 aliphatic heterocycles. The molecule has 2 rings (SSSR count). The van der Waals surface area contributed by atoms with Crippen LogP contribution in [0.25, 0.3) is 0 Å². The van der Waals surface area contributed by atoms with E-state index in [-0.39, 0.29) is 0 Å². The first-order chi connectivity index (χ1) is 13.8. The van der Waals surface area contributed by atoms with Gasteiger partial charge in [0.1, 0.15) is 0 Å². The smallest absolute Gasteiger partial charge is 0.0307 e. The molecule has 0 amide bonds. The zero-order chi connectivity index (χ0) is 22.5. The zero-order valence-electron chi connectivity index (χ0n) is 21.0. The van der Waals surface area contributed by atoms with Gasteiger partial charge in [0.15, 0.2) is 0 Å². The first kappa shape index (κ1) is 29.9. The molecule has 2 unspecified atom stereocenters. The van der Waals surface area contributed by atoms with E-state index in [4.69, 9.17) is 0 Å². The Kier molecular flexibility index (Phi) is 22.1. The van der Waals surface area contributed by atoms with Gasteiger partial charge in [-0.3, -0.25) is 0 Å². The minimum atomic E-state index is 1.02. The van der Waals surface area contributed by atoms with Gasteiger partial charge in [0, 0.05) is 0 Å². The van der Waals surface area contributed by atoms with Crippen LogP contribution in [0.2, 0.25) is 0 Å². The van der Waals surface area contributed by atoms with Crippen molar-refractivity contribution >= 4 is 0 Å². The van der Waals surface area contributed by atoms with Crippen LogP contribution in [-0.4, -0.2) is 0 Å². The number of hydrogen-bond donors (Lipinski definition) is 0. The maximum Gasteiger partial charge on any atom is -0.0307 e. The molecule has 0 spiro atoms. The van der Waals surface area contributed by atoms with E-state index in [1.165, 1.54) is 74.5 Å². The minimum absolute atomic E-state index is 1.02. The van der Waals surface area contributed by atoms with E-state index in [0.717, 1.165) is 18.3 Å². The molecule has 0 nitrogen and oxygen atoms in total. The van der Waals surface area contributed by atoms with Crippen molar-refractivity contribution in [2.45, 2.75) is 113 Å². The summed E-state index contributed by atoms with van der Waals surface area (Å²) in [5.74, 6) is 2.10. The lowest BCUT2D eigenvalue weighted by Crippen LogP contribution is -2.16. The number of allylic oxidation sites excluding steroid dienone is 2. The Bertz CT molecular complexity index is 478. The summed E-state index contributed by atoms with van der Waals surface area (Å²) in [5, 5.41) is 0. The summed E-state index contributed by atoms with van der Waals surface area (Å²) in [4.78, 5) is 0. The molecule has 0 bridgehead atoms. The molecule has 0 radical (unpaired) electrons. The van der Waals surface area contributed by atoms with E-state index in [1.54, 1.807) is 0 Å². The van der Waals surface area contributed by atoms with Gasteiger partial charge in [-0.2, -0.15) is 0 Å². The number of hydrogen-bond acceptors (Lipinski definition) is 0. The summed E-state index contributed by atoms with van der Waals surface area (Å²) in [5.41, 5.74) is 3.87. The molecule has 1 aliphatic rings. The van der Waals surface area contributed by atoms with Crippen LogP contribution in [0.15, 0.2) is 54.6 Å². The normalized spacial score (nSPS) is 17.3. The molecule has 29 heavy (non-hydrogen) atoms. The molecule has 1 aliphatic carbocycles. The fourth-order valence-electron chi connectivity index (χ4n) is 3.43. The summed E-state index contributed by atoms with van der Waals surface area (Å²) < 4.78 is 0. The second kappa shape index (κ2) is 21.4. The van der Waals surface area contributed by atoms with Crippen LogP contribution >= 0.6 is 0 Å². The maximum atomic E-state index is 3.74. The van der Waals surface area contributed by atoms with Gasteiger partial charge in [0.25, 0.3) is 0 Å². The van der Waals surface area contributed by atoms with Crippen LogP contribution in [0.5, 0.6) is 0 Å². The van der Waals surface area contributed by atoms with Gasteiger partial charge in [-0.25, -0.2) is 0 Å². The topological polar surface area (TPSA) is 0 Å². The average molecular weight is 401 g/mol. The molecule has 0 heteroatoms. The van der Waals surface area contributed by atoms with E-state index in [9.17, 15) is 0 Å². The zero-order valence-corrected chi connectivity index (χ0v) is 21.0. The molecule has 1 saturated carbocycles. The fraction of sp³-hybridized carbons (Fsp3) is 0.655. The predicted octanol–water partition coefficient (Wildman–Crippen LogP) is 10.2. The van der Waals surface area contributed by atoms with E-state index in [2.05, 4.69) is 72.0 Å². The third-order valence-corrected chi connectivity index (χ3v) is 5.15. The monoisotopic (exact) mass is 400 g/mol. The maximum absolute atomic E-state index is 3.74. The summed E-state index contributed by atoms with van der Waals surface area (Å²) in [6, 6.07) is 10.5. The fourth-order valence-corrected chi connectivity index (χ4v) is 3.43. The van der Waals surface area contributed by atoms with Gasteiger partial charge in [0.2, 0.25) is 0 Å². The Labute approximate surface area is 184 Å². The summed E-state index contributed by atoms with van der Waals surface area (Å²) >= 11 is 0. The lowest BCUT2D eigenvalue weighted by atomic mass is 9.78. The van der Waals surface area contributed by atoms with E-state index in [1.807, 2.05) is 19.9 Å². The van der Waals surface area contributed by atoms with Gasteiger partial charge in [-0.1, -0.05) is 121 Å². The van der Waals surface area contributed by atoms with Crippen molar-refractivity contribution in [3.63, 3.8) is 0 Å². The van der Waals surface area contributed by atoms with Crippen molar-refractivity contribution in [2.24, 2.45) is 11.8 Å². The van der Waals surface area contributed by atoms with Crippen LogP contribution in [0.3, 0.4) is 0 Å². The second-order valence-electron chi connectivity index (χ2n) is 8.92. The van der Waals surface area contributed by atoms with Crippen molar-refractivity contribution in [1.82, 2.24) is 0 Å². The Morgan fingerprint density at radius 1 is 0.897 bits per heavy atom. The highest BCUT2D eigenvalue weighted by atomic mass is 14.3. The molecule has 0 heterocycles. The van der Waals surface area contributed by atoms with Gasteiger partial charge in [0.05, 0.1) is 0 Å². The molecule has 1 aromatic rings. The lowest BCUT2D eigenvalue weighted by molar-refractivity contribution is 0.237. The van der Waals surface area contributed by atoms with Crippen molar-refractivity contribution in [3.8, 4) is 0 Å². The highest BCUT2D eigenvalue weighted by Crippen LogP contribution is 2.32. The standard InChI is InChI=1S/C11H22.C8H10.C6H12.C4H8/c1-3-4-8-11-9-6-5-7-10(11)2;1-2-8-6-4-3-5-7-8;1-4-5-6(2)3;1-4(2)3/h10-11H,3-9H2,1-2H3;3-7H,2H2,1H3;2,4-5H2,1,3H3;1H2,2-3H3. The third kappa shape index (κ3) is 22.8. The van der Waals surface area contributed by atoms with Crippen LogP contribution < -0.4 is 0 Å². The molecular weight excluding hydrogens is 348 g/mol. The molecule has 0 N–H and O–H groups in total. The number of rotatable bonds is 6. The number of aryl methyl sites for hydroxylation is 1. The summed E-state index contributed by atoms with van der Waals surface area (Å²) in [6.07, 6.45) is 13.9. The summed E-state index contributed by atoms with van der Waals surface area (Å²) in [6.45, 7) is 22.4. The Balaban J connectivity index is 0. The molecule has 1 aromatic carbocycles. The van der Waals surface area contributed by atoms with Crippen LogP contribution in [0.4, 0.5) is 0 Å². The first-order valence-electron chi connectivity index (χ1n) is 12.1.